The van der Waals surface area contributed by atoms with E-state index in [1.807, 2.05) is 25.1 Å². The first-order chi connectivity index (χ1) is 12.7. The van der Waals surface area contributed by atoms with Crippen LogP contribution in [0.15, 0.2) is 54.6 Å². The van der Waals surface area contributed by atoms with E-state index < -0.39 is 0 Å². The number of pyridine rings is 1. The molecule has 4 heteroatoms. The van der Waals surface area contributed by atoms with Gasteiger partial charge >= 0.3 is 0 Å². The molecular formula is C23H22INO2. The second-order valence-corrected chi connectivity index (χ2v) is 5.84. The van der Waals surface area contributed by atoms with Crippen molar-refractivity contribution in [2.24, 2.45) is 7.05 Å². The van der Waals surface area contributed by atoms with Crippen molar-refractivity contribution in [1.82, 2.24) is 0 Å². The fourth-order valence-electron chi connectivity index (χ4n) is 2.84. The molecule has 0 amide bonds. The number of aryl methyl sites for hydroxylation is 1. The first-order valence-electron chi connectivity index (χ1n) is 8.62. The summed E-state index contributed by atoms with van der Waals surface area (Å²) in [6, 6.07) is 18.4. The summed E-state index contributed by atoms with van der Waals surface area (Å²) in [4.78, 5) is 0. The number of hydrogen-bond donors (Lipinski definition) is 0. The monoisotopic (exact) mass is 471 g/mol. The van der Waals surface area contributed by atoms with Crippen LogP contribution in [0.5, 0.6) is 11.5 Å². The highest BCUT2D eigenvalue weighted by Gasteiger charge is 2.09. The maximum atomic E-state index is 5.68. The Balaban J connectivity index is 0.00000261. The minimum absolute atomic E-state index is 0. The van der Waals surface area contributed by atoms with Crippen molar-refractivity contribution in [1.29, 1.82) is 0 Å². The summed E-state index contributed by atoms with van der Waals surface area (Å²) >= 11 is 0. The van der Waals surface area contributed by atoms with Crippen LogP contribution >= 0.6 is 0 Å². The van der Waals surface area contributed by atoms with Crippen LogP contribution in [-0.4, -0.2) is 13.2 Å². The first-order valence-corrected chi connectivity index (χ1v) is 8.62. The number of halogens is 1. The van der Waals surface area contributed by atoms with Gasteiger partial charge in [0.2, 0.25) is 11.2 Å². The summed E-state index contributed by atoms with van der Waals surface area (Å²) in [6.07, 6.45) is 9.43. The van der Waals surface area contributed by atoms with Gasteiger partial charge in [0.25, 0.3) is 0 Å². The topological polar surface area (TPSA) is 22.3 Å². The summed E-state index contributed by atoms with van der Waals surface area (Å²) in [5, 5.41) is 1.22. The van der Waals surface area contributed by atoms with Crippen LogP contribution in [0, 0.1) is 12.3 Å². The van der Waals surface area contributed by atoms with E-state index in [4.69, 9.17) is 15.9 Å². The van der Waals surface area contributed by atoms with E-state index >= 15 is 0 Å². The molecule has 3 aromatic rings. The molecule has 1 aromatic heterocycles. The lowest BCUT2D eigenvalue weighted by molar-refractivity contribution is -0.646. The quantitative estimate of drug-likeness (QED) is 0.307. The molecule has 138 valence electrons. The highest BCUT2D eigenvalue weighted by atomic mass is 127. The van der Waals surface area contributed by atoms with Crippen LogP contribution in [0.4, 0.5) is 0 Å². The zero-order chi connectivity index (χ0) is 18.4. The molecule has 3 rings (SSSR count). The third-order valence-electron chi connectivity index (χ3n) is 4.14. The Morgan fingerprint density at radius 3 is 2.59 bits per heavy atom. The third-order valence-corrected chi connectivity index (χ3v) is 4.14. The van der Waals surface area contributed by atoms with Gasteiger partial charge in [0.1, 0.15) is 13.7 Å². The molecule has 3 nitrogen and oxygen atoms in total. The van der Waals surface area contributed by atoms with Crippen LogP contribution in [-0.2, 0) is 7.05 Å². The van der Waals surface area contributed by atoms with Gasteiger partial charge in [0.05, 0.1) is 6.61 Å². The van der Waals surface area contributed by atoms with E-state index in [0.29, 0.717) is 18.1 Å². The van der Waals surface area contributed by atoms with Gasteiger partial charge in [-0.1, -0.05) is 24.1 Å². The smallest absolute Gasteiger partial charge is 0.212 e. The van der Waals surface area contributed by atoms with Crippen molar-refractivity contribution in [3.63, 3.8) is 0 Å². The van der Waals surface area contributed by atoms with Crippen molar-refractivity contribution < 1.29 is 38.0 Å². The molecule has 0 N–H and O–H groups in total. The summed E-state index contributed by atoms with van der Waals surface area (Å²) in [5.74, 6) is 3.84. The zero-order valence-electron chi connectivity index (χ0n) is 15.5. The first kappa shape index (κ1) is 20.8. The lowest BCUT2D eigenvalue weighted by atomic mass is 10.1. The van der Waals surface area contributed by atoms with Crippen molar-refractivity contribution in [3.8, 4) is 23.8 Å². The van der Waals surface area contributed by atoms with Gasteiger partial charge in [-0.2, -0.15) is 4.57 Å². The predicted octanol–water partition coefficient (Wildman–Crippen LogP) is 1.25. The van der Waals surface area contributed by atoms with Gasteiger partial charge in [-0.05, 0) is 42.8 Å². The highest BCUT2D eigenvalue weighted by Crippen LogP contribution is 2.29. The average molecular weight is 471 g/mol. The molecule has 0 bridgehead atoms. The van der Waals surface area contributed by atoms with Crippen LogP contribution < -0.4 is 38.0 Å². The van der Waals surface area contributed by atoms with Gasteiger partial charge < -0.3 is 33.5 Å². The molecular weight excluding hydrogens is 449 g/mol. The van der Waals surface area contributed by atoms with E-state index in [1.165, 1.54) is 10.9 Å². The number of nitrogens with zero attached hydrogens (tertiary/aromatic N) is 1. The number of ether oxygens (including phenoxy) is 2. The Labute approximate surface area is 177 Å². The molecule has 27 heavy (non-hydrogen) atoms. The van der Waals surface area contributed by atoms with Gasteiger partial charge in [-0.15, -0.1) is 6.42 Å². The fraction of sp³-hybridized carbons (Fsp3) is 0.174. The number of aromatic nitrogens is 1. The van der Waals surface area contributed by atoms with E-state index in [0.717, 1.165) is 11.3 Å². The second kappa shape index (κ2) is 9.98. The van der Waals surface area contributed by atoms with E-state index in [9.17, 15) is 0 Å². The number of hydrogen-bond acceptors (Lipinski definition) is 2. The number of para-hydroxylation sites is 1. The molecule has 0 fully saturated rings. The summed E-state index contributed by atoms with van der Waals surface area (Å²) in [7, 11) is 2.07. The number of rotatable bonds is 6. The Bertz CT molecular complexity index is 989. The van der Waals surface area contributed by atoms with Gasteiger partial charge in [-0.3, -0.25) is 0 Å². The molecule has 0 aliphatic rings. The third kappa shape index (κ3) is 5.01. The lowest BCUT2D eigenvalue weighted by Crippen LogP contribution is -3.00. The van der Waals surface area contributed by atoms with Crippen molar-refractivity contribution in [2.75, 3.05) is 13.2 Å². The average Bonchev–Trinajstić information content (AvgIpc) is 2.67. The number of benzene rings is 2. The molecule has 0 aliphatic heterocycles. The minimum Gasteiger partial charge on any atom is -1.00 e. The van der Waals surface area contributed by atoms with Crippen LogP contribution in [0.25, 0.3) is 23.1 Å². The summed E-state index contributed by atoms with van der Waals surface area (Å²) < 4.78 is 13.4. The standard InChI is InChI=1S/C23H22NO2.HI/c1-4-16-26-22-15-11-18(17-23(22)25-5-2)10-13-20-14-12-19-8-6-7-9-21(19)24(20)3;/h1,6-15,17H,5,16H2,2-3H3;1H/q+1;/p-1/b13-10+;. The lowest BCUT2D eigenvalue weighted by Gasteiger charge is -2.10. The predicted molar refractivity (Wildman–Crippen MR) is 106 cm³/mol. The van der Waals surface area contributed by atoms with Crippen LogP contribution in [0.2, 0.25) is 0 Å². The summed E-state index contributed by atoms with van der Waals surface area (Å²) in [6.45, 7) is 2.74. The van der Waals surface area contributed by atoms with Crippen LogP contribution in [0.3, 0.4) is 0 Å². The molecule has 0 saturated carbocycles. The fourth-order valence-corrected chi connectivity index (χ4v) is 2.84. The molecule has 0 atom stereocenters. The van der Waals surface area contributed by atoms with Crippen molar-refractivity contribution in [2.45, 2.75) is 6.92 Å². The van der Waals surface area contributed by atoms with Crippen molar-refractivity contribution in [3.05, 3.63) is 65.9 Å². The summed E-state index contributed by atoms with van der Waals surface area (Å²) in [5.41, 5.74) is 3.35. The maximum absolute atomic E-state index is 5.68. The van der Waals surface area contributed by atoms with E-state index in [1.54, 1.807) is 0 Å². The van der Waals surface area contributed by atoms with Gasteiger partial charge in [-0.25, -0.2) is 0 Å². The Kier molecular flexibility index (Phi) is 7.68. The van der Waals surface area contributed by atoms with Gasteiger partial charge in [0, 0.05) is 23.6 Å². The Morgan fingerprint density at radius 1 is 1.00 bits per heavy atom. The molecule has 2 aromatic carbocycles. The Morgan fingerprint density at radius 2 is 1.81 bits per heavy atom. The van der Waals surface area contributed by atoms with Crippen LogP contribution in [0.1, 0.15) is 18.2 Å². The molecule has 0 aliphatic carbocycles. The normalized spacial score (nSPS) is 10.4. The maximum Gasteiger partial charge on any atom is 0.212 e. The molecule has 0 radical (unpaired) electrons. The molecule has 0 saturated heterocycles. The SMILES string of the molecule is C#CCOc1ccc(/C=C/c2ccc3ccccc3[n+]2C)cc1OCC.[I-]. The zero-order valence-corrected chi connectivity index (χ0v) is 17.6. The Hall–Kier alpha value is -2.52. The van der Waals surface area contributed by atoms with E-state index in [2.05, 4.69) is 66.1 Å². The molecule has 0 spiro atoms. The molecule has 1 heterocycles. The van der Waals surface area contributed by atoms with Crippen molar-refractivity contribution >= 4 is 23.1 Å². The largest absolute Gasteiger partial charge is 1.00 e. The minimum atomic E-state index is 0. The molecule has 0 unspecified atom stereocenters. The second-order valence-electron chi connectivity index (χ2n) is 5.84. The highest BCUT2D eigenvalue weighted by molar-refractivity contribution is 5.77. The number of terminal acetylenes is 1. The van der Waals surface area contributed by atoms with E-state index in [-0.39, 0.29) is 30.6 Å². The number of fused-ring (bicyclic) bond motifs is 1. The van der Waals surface area contributed by atoms with Gasteiger partial charge in [0.15, 0.2) is 11.5 Å².